The molecule has 1 fully saturated rings. The number of hydrogen-bond donors (Lipinski definition) is 1. The Hall–Kier alpha value is -0.910. The molecule has 0 aliphatic carbocycles. The van der Waals surface area contributed by atoms with E-state index in [1.165, 1.54) is 10.6 Å². The zero-order valence-corrected chi connectivity index (χ0v) is 13.2. The third-order valence-corrected chi connectivity index (χ3v) is 5.06. The van der Waals surface area contributed by atoms with Crippen molar-refractivity contribution in [1.82, 2.24) is 10.3 Å². The highest BCUT2D eigenvalue weighted by Gasteiger charge is 2.17. The summed E-state index contributed by atoms with van der Waals surface area (Å²) in [4.78, 5) is 7.16. The predicted molar refractivity (Wildman–Crippen MR) is 85.1 cm³/mol. The zero-order valence-electron chi connectivity index (χ0n) is 10.8. The first-order valence-electron chi connectivity index (χ1n) is 6.43. The molecule has 2 aromatic rings. The van der Waals surface area contributed by atoms with Crippen LogP contribution in [-0.4, -0.2) is 31.2 Å². The van der Waals surface area contributed by atoms with Crippen LogP contribution in [0.2, 0.25) is 0 Å². The number of benzene rings is 1. The van der Waals surface area contributed by atoms with Gasteiger partial charge in [0.25, 0.3) is 0 Å². The number of halogens is 1. The maximum absolute atomic E-state index is 4.73. The highest BCUT2D eigenvalue weighted by molar-refractivity contribution is 9.10. The minimum Gasteiger partial charge on any atom is -0.359 e. The molecule has 3 nitrogen and oxygen atoms in total. The second-order valence-corrected chi connectivity index (χ2v) is 6.55. The first kappa shape index (κ1) is 13.1. The van der Waals surface area contributed by atoms with Gasteiger partial charge in [0.1, 0.15) is 10.0 Å². The van der Waals surface area contributed by atoms with Crippen LogP contribution < -0.4 is 10.2 Å². The molecular weight excluding hydrogens is 322 g/mol. The van der Waals surface area contributed by atoms with Crippen molar-refractivity contribution in [2.24, 2.45) is 0 Å². The van der Waals surface area contributed by atoms with E-state index in [1.54, 1.807) is 11.3 Å². The summed E-state index contributed by atoms with van der Waals surface area (Å²) in [6, 6.07) is 8.36. The van der Waals surface area contributed by atoms with Gasteiger partial charge < -0.3 is 10.2 Å². The molecule has 0 spiro atoms. The van der Waals surface area contributed by atoms with Crippen molar-refractivity contribution < 1.29 is 0 Å². The van der Waals surface area contributed by atoms with E-state index in [-0.39, 0.29) is 0 Å². The maximum atomic E-state index is 4.73. The van der Waals surface area contributed by atoms with Crippen molar-refractivity contribution in [3.8, 4) is 10.6 Å². The lowest BCUT2D eigenvalue weighted by Gasteiger charge is -2.28. The lowest BCUT2D eigenvalue weighted by atomic mass is 10.2. The molecule has 0 radical (unpaired) electrons. The summed E-state index contributed by atoms with van der Waals surface area (Å²) in [5.74, 6) is 0. The largest absolute Gasteiger partial charge is 0.359 e. The smallest absolute Gasteiger partial charge is 0.125 e. The van der Waals surface area contributed by atoms with Gasteiger partial charge in [-0.1, -0.05) is 39.4 Å². The molecule has 2 heterocycles. The molecule has 0 unspecified atom stereocenters. The molecule has 19 heavy (non-hydrogen) atoms. The number of piperazine rings is 1. The van der Waals surface area contributed by atoms with Crippen LogP contribution in [-0.2, 0) is 0 Å². The van der Waals surface area contributed by atoms with Crippen molar-refractivity contribution in [2.45, 2.75) is 6.92 Å². The van der Waals surface area contributed by atoms with Crippen molar-refractivity contribution in [2.75, 3.05) is 31.1 Å². The second-order valence-electron chi connectivity index (χ2n) is 4.65. The minimum absolute atomic E-state index is 1.06. The number of aromatic nitrogens is 1. The fraction of sp³-hybridized carbons (Fsp3) is 0.357. The Labute approximate surface area is 125 Å². The SMILES string of the molecule is Cc1nc(-c2ccc(Br)cc2)sc1N1CCNCC1. The van der Waals surface area contributed by atoms with Crippen LogP contribution >= 0.6 is 27.3 Å². The first-order chi connectivity index (χ1) is 9.24. The molecule has 5 heteroatoms. The monoisotopic (exact) mass is 337 g/mol. The highest BCUT2D eigenvalue weighted by Crippen LogP contribution is 2.34. The van der Waals surface area contributed by atoms with Gasteiger partial charge in [-0.25, -0.2) is 4.98 Å². The number of hydrogen-bond acceptors (Lipinski definition) is 4. The Balaban J connectivity index is 1.90. The van der Waals surface area contributed by atoms with Crippen LogP contribution in [0.5, 0.6) is 0 Å². The molecule has 1 aromatic heterocycles. The average Bonchev–Trinajstić information content (AvgIpc) is 2.83. The van der Waals surface area contributed by atoms with Crippen molar-refractivity contribution in [3.63, 3.8) is 0 Å². The number of anilines is 1. The van der Waals surface area contributed by atoms with Gasteiger partial charge in [0, 0.05) is 36.2 Å². The topological polar surface area (TPSA) is 28.2 Å². The summed E-state index contributed by atoms with van der Waals surface area (Å²) >= 11 is 5.26. The van der Waals surface area contributed by atoms with Gasteiger partial charge in [-0.15, -0.1) is 0 Å². The van der Waals surface area contributed by atoms with Gasteiger partial charge >= 0.3 is 0 Å². The van der Waals surface area contributed by atoms with Crippen LogP contribution in [0.4, 0.5) is 5.00 Å². The molecule has 1 saturated heterocycles. The average molecular weight is 338 g/mol. The minimum atomic E-state index is 1.06. The van der Waals surface area contributed by atoms with E-state index in [2.05, 4.69) is 57.3 Å². The van der Waals surface area contributed by atoms with Gasteiger partial charge in [0.2, 0.25) is 0 Å². The molecule has 1 aliphatic heterocycles. The van der Waals surface area contributed by atoms with Crippen LogP contribution in [0.25, 0.3) is 10.6 Å². The van der Waals surface area contributed by atoms with E-state index in [0.717, 1.165) is 41.4 Å². The van der Waals surface area contributed by atoms with Gasteiger partial charge in [0.15, 0.2) is 0 Å². The summed E-state index contributed by atoms with van der Waals surface area (Å²) in [6.07, 6.45) is 0. The molecule has 3 rings (SSSR count). The fourth-order valence-corrected chi connectivity index (χ4v) is 3.65. The lowest BCUT2D eigenvalue weighted by Crippen LogP contribution is -2.43. The number of thiazole rings is 1. The molecular formula is C14H16BrN3S. The Morgan fingerprint density at radius 1 is 1.21 bits per heavy atom. The normalized spacial score (nSPS) is 15.8. The lowest BCUT2D eigenvalue weighted by molar-refractivity contribution is 0.591. The molecule has 1 aromatic carbocycles. The van der Waals surface area contributed by atoms with Crippen molar-refractivity contribution in [3.05, 3.63) is 34.4 Å². The van der Waals surface area contributed by atoms with E-state index >= 15 is 0 Å². The summed E-state index contributed by atoms with van der Waals surface area (Å²) in [5.41, 5.74) is 2.34. The second kappa shape index (κ2) is 5.61. The molecule has 0 amide bonds. The molecule has 1 N–H and O–H groups in total. The molecule has 0 saturated carbocycles. The molecule has 0 bridgehead atoms. The van der Waals surface area contributed by atoms with E-state index < -0.39 is 0 Å². The number of nitrogens with one attached hydrogen (secondary N) is 1. The molecule has 1 aliphatic rings. The fourth-order valence-electron chi connectivity index (χ4n) is 2.27. The van der Waals surface area contributed by atoms with E-state index in [1.807, 2.05) is 0 Å². The Kier molecular flexibility index (Phi) is 3.86. The van der Waals surface area contributed by atoms with E-state index in [4.69, 9.17) is 4.98 Å². The number of nitrogens with zero attached hydrogens (tertiary/aromatic N) is 2. The Bertz CT molecular complexity index is 559. The van der Waals surface area contributed by atoms with Gasteiger partial charge in [-0.3, -0.25) is 0 Å². The van der Waals surface area contributed by atoms with Gasteiger partial charge in [0.05, 0.1) is 5.69 Å². The van der Waals surface area contributed by atoms with E-state index in [9.17, 15) is 0 Å². The summed E-state index contributed by atoms with van der Waals surface area (Å²) < 4.78 is 1.10. The number of rotatable bonds is 2. The Morgan fingerprint density at radius 2 is 1.89 bits per heavy atom. The zero-order chi connectivity index (χ0) is 13.2. The van der Waals surface area contributed by atoms with Gasteiger partial charge in [-0.05, 0) is 19.1 Å². The van der Waals surface area contributed by atoms with Crippen LogP contribution in [0.1, 0.15) is 5.69 Å². The predicted octanol–water partition coefficient (Wildman–Crippen LogP) is 3.29. The number of aryl methyl sites for hydroxylation is 1. The van der Waals surface area contributed by atoms with Crippen LogP contribution in [0.15, 0.2) is 28.7 Å². The van der Waals surface area contributed by atoms with Crippen LogP contribution in [0, 0.1) is 6.92 Å². The Morgan fingerprint density at radius 3 is 2.58 bits per heavy atom. The van der Waals surface area contributed by atoms with Crippen molar-refractivity contribution in [1.29, 1.82) is 0 Å². The van der Waals surface area contributed by atoms with Crippen molar-refractivity contribution >= 4 is 32.3 Å². The standard InChI is InChI=1S/C14H16BrN3S/c1-10-14(18-8-6-16-7-9-18)19-13(17-10)11-2-4-12(15)5-3-11/h2-5,16H,6-9H2,1H3. The quantitative estimate of drug-likeness (QED) is 0.911. The molecule has 0 atom stereocenters. The maximum Gasteiger partial charge on any atom is 0.125 e. The highest BCUT2D eigenvalue weighted by atomic mass is 79.9. The van der Waals surface area contributed by atoms with Gasteiger partial charge in [-0.2, -0.15) is 0 Å². The summed E-state index contributed by atoms with van der Waals surface area (Å²) in [6.45, 7) is 6.37. The van der Waals surface area contributed by atoms with Crippen LogP contribution in [0.3, 0.4) is 0 Å². The third-order valence-electron chi connectivity index (χ3n) is 3.27. The van der Waals surface area contributed by atoms with E-state index in [0.29, 0.717) is 0 Å². The first-order valence-corrected chi connectivity index (χ1v) is 8.04. The molecule has 100 valence electrons. The summed E-state index contributed by atoms with van der Waals surface area (Å²) in [7, 11) is 0. The summed E-state index contributed by atoms with van der Waals surface area (Å²) in [5, 5.41) is 5.81. The third kappa shape index (κ3) is 2.83.